The fourth-order valence-electron chi connectivity index (χ4n) is 2.91. The minimum absolute atomic E-state index is 0.664. The number of pyridine rings is 1. The molecule has 1 fully saturated rings. The summed E-state index contributed by atoms with van der Waals surface area (Å²) in [5.74, 6) is 1.80. The lowest BCUT2D eigenvalue weighted by Crippen LogP contribution is -2.38. The van der Waals surface area contributed by atoms with Crippen LogP contribution in [0.1, 0.15) is 38.8 Å². The second kappa shape index (κ2) is 6.06. The highest BCUT2D eigenvalue weighted by molar-refractivity contribution is 5.56. The molecule has 21 heavy (non-hydrogen) atoms. The zero-order valence-electron chi connectivity index (χ0n) is 13.3. The maximum absolute atomic E-state index is 4.86. The van der Waals surface area contributed by atoms with Crippen LogP contribution in [0.15, 0.2) is 24.4 Å². The first-order valence-corrected chi connectivity index (χ1v) is 8.06. The minimum atomic E-state index is 0.664. The van der Waals surface area contributed by atoms with E-state index in [4.69, 9.17) is 4.98 Å². The second-order valence-electron chi connectivity index (χ2n) is 6.53. The molecule has 1 N–H and O–H groups in total. The number of nitrogens with one attached hydrogen (secondary N) is 1. The Balaban J connectivity index is 1.89. The van der Waals surface area contributed by atoms with Crippen LogP contribution in [0.25, 0.3) is 5.65 Å². The van der Waals surface area contributed by atoms with Crippen LogP contribution in [0, 0.1) is 5.92 Å². The Labute approximate surface area is 127 Å². The van der Waals surface area contributed by atoms with Gasteiger partial charge in [-0.05, 0) is 43.9 Å². The van der Waals surface area contributed by atoms with Gasteiger partial charge in [0, 0.05) is 25.8 Å². The van der Waals surface area contributed by atoms with Crippen molar-refractivity contribution < 1.29 is 0 Å². The quantitative estimate of drug-likeness (QED) is 0.886. The summed E-state index contributed by atoms with van der Waals surface area (Å²) < 4.78 is 2.22. The number of imidazole rings is 1. The minimum Gasteiger partial charge on any atom is -0.355 e. The van der Waals surface area contributed by atoms with Crippen molar-refractivity contribution in [3.05, 3.63) is 30.1 Å². The topological polar surface area (TPSA) is 32.6 Å². The fourth-order valence-corrected chi connectivity index (χ4v) is 2.91. The van der Waals surface area contributed by atoms with Gasteiger partial charge in [0.2, 0.25) is 0 Å². The molecule has 4 heteroatoms. The van der Waals surface area contributed by atoms with Crippen molar-refractivity contribution in [3.63, 3.8) is 0 Å². The molecule has 0 bridgehead atoms. The summed E-state index contributed by atoms with van der Waals surface area (Å²) in [6.07, 6.45) is 6.06. The number of hydrogen-bond donors (Lipinski definition) is 1. The van der Waals surface area contributed by atoms with Crippen LogP contribution in [0.3, 0.4) is 0 Å². The van der Waals surface area contributed by atoms with Gasteiger partial charge in [-0.2, -0.15) is 0 Å². The van der Waals surface area contributed by atoms with Crippen molar-refractivity contribution in [1.82, 2.24) is 14.7 Å². The molecule has 114 valence electrons. The van der Waals surface area contributed by atoms with E-state index in [0.717, 1.165) is 24.6 Å². The SMILES string of the molecule is CC(C)CNCc1c(N(C)C2CCC2)nc2ccccn12. The molecule has 1 aliphatic rings. The van der Waals surface area contributed by atoms with Crippen LogP contribution in [0.4, 0.5) is 5.82 Å². The first-order chi connectivity index (χ1) is 10.2. The Morgan fingerprint density at radius 3 is 2.86 bits per heavy atom. The zero-order chi connectivity index (χ0) is 14.8. The van der Waals surface area contributed by atoms with Crippen LogP contribution >= 0.6 is 0 Å². The van der Waals surface area contributed by atoms with Gasteiger partial charge in [0.1, 0.15) is 5.65 Å². The van der Waals surface area contributed by atoms with Crippen LogP contribution in [-0.2, 0) is 6.54 Å². The predicted octanol–water partition coefficient (Wildman–Crippen LogP) is 3.07. The average molecular weight is 286 g/mol. The number of fused-ring (bicyclic) bond motifs is 1. The predicted molar refractivity (Wildman–Crippen MR) is 87.8 cm³/mol. The Morgan fingerprint density at radius 2 is 2.19 bits per heavy atom. The van der Waals surface area contributed by atoms with Gasteiger partial charge in [-0.1, -0.05) is 19.9 Å². The van der Waals surface area contributed by atoms with E-state index in [2.05, 4.69) is 59.9 Å². The molecule has 1 saturated carbocycles. The molecule has 0 saturated heterocycles. The van der Waals surface area contributed by atoms with Crippen molar-refractivity contribution in [2.45, 2.75) is 45.7 Å². The van der Waals surface area contributed by atoms with Gasteiger partial charge < -0.3 is 14.6 Å². The molecule has 0 radical (unpaired) electrons. The van der Waals surface area contributed by atoms with Crippen molar-refractivity contribution in [2.24, 2.45) is 5.92 Å². The molecule has 3 rings (SSSR count). The summed E-state index contributed by atoms with van der Waals surface area (Å²) in [5.41, 5.74) is 2.32. The highest BCUT2D eigenvalue weighted by Gasteiger charge is 2.26. The molecule has 0 atom stereocenters. The molecule has 2 aromatic heterocycles. The third kappa shape index (κ3) is 2.91. The molecule has 0 spiro atoms. The largest absolute Gasteiger partial charge is 0.355 e. The van der Waals surface area contributed by atoms with Crippen molar-refractivity contribution in [3.8, 4) is 0 Å². The summed E-state index contributed by atoms with van der Waals surface area (Å²) >= 11 is 0. The molecule has 1 aliphatic carbocycles. The highest BCUT2D eigenvalue weighted by Crippen LogP contribution is 2.30. The molecule has 2 aromatic rings. The number of aromatic nitrogens is 2. The zero-order valence-corrected chi connectivity index (χ0v) is 13.3. The molecule has 0 amide bonds. The van der Waals surface area contributed by atoms with Gasteiger partial charge in [0.25, 0.3) is 0 Å². The van der Waals surface area contributed by atoms with E-state index in [9.17, 15) is 0 Å². The molecular weight excluding hydrogens is 260 g/mol. The monoisotopic (exact) mass is 286 g/mol. The van der Waals surface area contributed by atoms with Crippen LogP contribution in [0.2, 0.25) is 0 Å². The van der Waals surface area contributed by atoms with E-state index < -0.39 is 0 Å². The molecule has 0 aromatic carbocycles. The lowest BCUT2D eigenvalue weighted by Gasteiger charge is -2.35. The summed E-state index contributed by atoms with van der Waals surface area (Å²) in [4.78, 5) is 7.24. The number of anilines is 1. The maximum atomic E-state index is 4.86. The van der Waals surface area contributed by atoms with Crippen molar-refractivity contribution in [1.29, 1.82) is 0 Å². The van der Waals surface area contributed by atoms with Crippen LogP contribution in [-0.4, -0.2) is 29.0 Å². The third-order valence-corrected chi connectivity index (χ3v) is 4.41. The standard InChI is InChI=1S/C17H26N4/c1-13(2)11-18-12-15-17(20(3)14-7-6-8-14)19-16-9-4-5-10-21(15)16/h4-5,9-10,13-14,18H,6-8,11-12H2,1-3H3. The van der Waals surface area contributed by atoms with Gasteiger partial charge in [-0.25, -0.2) is 4.98 Å². The summed E-state index contributed by atoms with van der Waals surface area (Å²) in [6.45, 7) is 6.38. The normalized spacial score (nSPS) is 15.6. The van der Waals surface area contributed by atoms with E-state index in [1.807, 2.05) is 0 Å². The van der Waals surface area contributed by atoms with Crippen molar-refractivity contribution >= 4 is 11.5 Å². The summed E-state index contributed by atoms with van der Waals surface area (Å²) in [5, 5.41) is 3.56. The van der Waals surface area contributed by atoms with E-state index in [1.54, 1.807) is 0 Å². The molecule has 2 heterocycles. The van der Waals surface area contributed by atoms with Crippen molar-refractivity contribution in [2.75, 3.05) is 18.5 Å². The number of rotatable bonds is 6. The molecule has 0 aliphatic heterocycles. The Hall–Kier alpha value is -1.55. The Bertz CT molecular complexity index is 598. The number of hydrogen-bond acceptors (Lipinski definition) is 3. The van der Waals surface area contributed by atoms with E-state index in [-0.39, 0.29) is 0 Å². The van der Waals surface area contributed by atoms with Gasteiger partial charge in [0.05, 0.1) is 5.69 Å². The van der Waals surface area contributed by atoms with Gasteiger partial charge in [-0.3, -0.25) is 0 Å². The van der Waals surface area contributed by atoms with Gasteiger partial charge >= 0.3 is 0 Å². The maximum Gasteiger partial charge on any atom is 0.152 e. The Kier molecular flexibility index (Phi) is 4.15. The highest BCUT2D eigenvalue weighted by atomic mass is 15.2. The lowest BCUT2D eigenvalue weighted by molar-refractivity contribution is 0.398. The third-order valence-electron chi connectivity index (χ3n) is 4.41. The molecular formula is C17H26N4. The smallest absolute Gasteiger partial charge is 0.152 e. The first kappa shape index (κ1) is 14.4. The first-order valence-electron chi connectivity index (χ1n) is 8.06. The van der Waals surface area contributed by atoms with E-state index in [1.165, 1.54) is 25.0 Å². The van der Waals surface area contributed by atoms with Crippen LogP contribution in [0.5, 0.6) is 0 Å². The van der Waals surface area contributed by atoms with Gasteiger partial charge in [-0.15, -0.1) is 0 Å². The molecule has 0 unspecified atom stereocenters. The average Bonchev–Trinajstić information content (AvgIpc) is 2.75. The second-order valence-corrected chi connectivity index (χ2v) is 6.53. The van der Waals surface area contributed by atoms with Crippen LogP contribution < -0.4 is 10.2 Å². The van der Waals surface area contributed by atoms with E-state index >= 15 is 0 Å². The van der Waals surface area contributed by atoms with Gasteiger partial charge in [0.15, 0.2) is 5.82 Å². The summed E-state index contributed by atoms with van der Waals surface area (Å²) in [6, 6.07) is 6.89. The summed E-state index contributed by atoms with van der Waals surface area (Å²) in [7, 11) is 2.19. The Morgan fingerprint density at radius 1 is 1.38 bits per heavy atom. The lowest BCUT2D eigenvalue weighted by atomic mass is 9.92. The number of nitrogens with zero attached hydrogens (tertiary/aromatic N) is 3. The molecule has 4 nitrogen and oxygen atoms in total. The fraction of sp³-hybridized carbons (Fsp3) is 0.588. The van der Waals surface area contributed by atoms with E-state index in [0.29, 0.717) is 12.0 Å².